The highest BCUT2D eigenvalue weighted by molar-refractivity contribution is 7.84. The molecule has 0 spiro atoms. The van der Waals surface area contributed by atoms with Gasteiger partial charge >= 0.3 is 0 Å². The van der Waals surface area contributed by atoms with Gasteiger partial charge in [0.15, 0.2) is 0 Å². The van der Waals surface area contributed by atoms with Crippen LogP contribution in [-0.4, -0.2) is 56.4 Å². The van der Waals surface area contributed by atoms with E-state index in [2.05, 4.69) is 10.4 Å². The molecule has 3 aromatic rings. The summed E-state index contributed by atoms with van der Waals surface area (Å²) in [5.74, 6) is -0.298. The van der Waals surface area contributed by atoms with Crippen LogP contribution in [-0.2, 0) is 22.1 Å². The molecular weight excluding hydrogens is 400 g/mol. The maximum absolute atomic E-state index is 13.3. The third-order valence-corrected chi connectivity index (χ3v) is 5.70. The molecule has 0 bridgehead atoms. The van der Waals surface area contributed by atoms with E-state index < -0.39 is 10.8 Å². The second-order valence-corrected chi connectivity index (χ2v) is 8.63. The first-order valence-electron chi connectivity index (χ1n) is 9.62. The molecule has 8 heteroatoms. The van der Waals surface area contributed by atoms with Gasteiger partial charge in [0.25, 0.3) is 5.91 Å². The van der Waals surface area contributed by atoms with Gasteiger partial charge in [-0.15, -0.1) is 0 Å². The molecular formula is C22H22N4O3S. The fourth-order valence-corrected chi connectivity index (χ4v) is 3.86. The molecule has 2 heterocycles. The van der Waals surface area contributed by atoms with Gasteiger partial charge in [-0.2, -0.15) is 5.10 Å². The van der Waals surface area contributed by atoms with Crippen molar-refractivity contribution in [1.29, 1.82) is 0 Å². The molecule has 1 aromatic heterocycles. The van der Waals surface area contributed by atoms with Gasteiger partial charge in [-0.25, -0.2) is 5.01 Å². The van der Waals surface area contributed by atoms with Crippen molar-refractivity contribution in [3.63, 3.8) is 0 Å². The monoisotopic (exact) mass is 422 g/mol. The lowest BCUT2D eigenvalue weighted by Gasteiger charge is -2.16. The molecule has 2 amide bonds. The predicted molar refractivity (Wildman–Crippen MR) is 118 cm³/mol. The number of fused-ring (bicyclic) bond motifs is 3. The van der Waals surface area contributed by atoms with Crippen molar-refractivity contribution >= 4 is 39.2 Å². The molecule has 0 radical (unpaired) electrons. The predicted octanol–water partition coefficient (Wildman–Crippen LogP) is 2.00. The van der Waals surface area contributed by atoms with Gasteiger partial charge < -0.3 is 9.88 Å². The van der Waals surface area contributed by atoms with Crippen LogP contribution in [0.4, 0.5) is 0 Å². The largest absolute Gasteiger partial charge is 0.354 e. The van der Waals surface area contributed by atoms with E-state index in [0.717, 1.165) is 16.5 Å². The number of amides is 2. The van der Waals surface area contributed by atoms with Crippen LogP contribution >= 0.6 is 0 Å². The molecule has 0 saturated carbocycles. The van der Waals surface area contributed by atoms with Crippen molar-refractivity contribution in [1.82, 2.24) is 14.9 Å². The molecule has 1 unspecified atom stereocenters. The fourth-order valence-electron chi connectivity index (χ4n) is 3.48. The molecule has 2 aromatic carbocycles. The summed E-state index contributed by atoms with van der Waals surface area (Å²) in [5, 5.41) is 9.45. The minimum Gasteiger partial charge on any atom is -0.354 e. The van der Waals surface area contributed by atoms with E-state index in [0.29, 0.717) is 30.2 Å². The van der Waals surface area contributed by atoms with Crippen LogP contribution in [0, 0.1) is 0 Å². The summed E-state index contributed by atoms with van der Waals surface area (Å²) < 4.78 is 13.2. The highest BCUT2D eigenvalue weighted by Crippen LogP contribution is 2.24. The highest BCUT2D eigenvalue weighted by atomic mass is 32.2. The quantitative estimate of drug-likeness (QED) is 0.660. The van der Waals surface area contributed by atoms with Crippen LogP contribution in [0.25, 0.3) is 10.9 Å². The number of aromatic nitrogens is 1. The summed E-state index contributed by atoms with van der Waals surface area (Å²) in [6.45, 7) is 0.512. The van der Waals surface area contributed by atoms with E-state index in [1.807, 2.05) is 65.2 Å². The second kappa shape index (κ2) is 8.62. The number of hydrogen-bond donors (Lipinski definition) is 1. The van der Waals surface area contributed by atoms with Crippen molar-refractivity contribution in [3.05, 3.63) is 71.9 Å². The molecule has 7 nitrogen and oxygen atoms in total. The van der Waals surface area contributed by atoms with Crippen molar-refractivity contribution in [3.8, 4) is 0 Å². The van der Waals surface area contributed by atoms with Gasteiger partial charge in [0.05, 0.1) is 12.3 Å². The topological polar surface area (TPSA) is 83.8 Å². The first-order chi connectivity index (χ1) is 14.5. The van der Waals surface area contributed by atoms with Gasteiger partial charge in [0.2, 0.25) is 5.91 Å². The van der Waals surface area contributed by atoms with Crippen LogP contribution < -0.4 is 5.32 Å². The normalized spacial score (nSPS) is 14.8. The van der Waals surface area contributed by atoms with Gasteiger partial charge in [0, 0.05) is 40.3 Å². The van der Waals surface area contributed by atoms with E-state index in [4.69, 9.17) is 0 Å². The van der Waals surface area contributed by atoms with E-state index in [9.17, 15) is 13.8 Å². The average Bonchev–Trinajstić information content (AvgIpc) is 3.04. The number of carbonyl (C=O) groups is 2. The van der Waals surface area contributed by atoms with Crippen molar-refractivity contribution in [2.45, 2.75) is 6.54 Å². The number of rotatable bonds is 6. The molecule has 30 heavy (non-hydrogen) atoms. The summed E-state index contributed by atoms with van der Waals surface area (Å²) in [6.07, 6.45) is 1.58. The standard InChI is InChI=1S/C22H22N4O3S/c1-30(29)12-11-23-21(27)15-26-22(28)20-13-17-9-5-6-10-19(17)25(20)14-18(24-26)16-7-3-2-4-8-16/h2-10,13H,11-12,14-15H2,1H3,(H,23,27). The summed E-state index contributed by atoms with van der Waals surface area (Å²) in [6, 6.07) is 19.3. The van der Waals surface area contributed by atoms with Crippen molar-refractivity contribution < 1.29 is 13.8 Å². The Morgan fingerprint density at radius 2 is 1.87 bits per heavy atom. The zero-order valence-corrected chi connectivity index (χ0v) is 17.4. The lowest BCUT2D eigenvalue weighted by atomic mass is 10.1. The smallest absolute Gasteiger partial charge is 0.291 e. The Bertz CT molecular complexity index is 1150. The summed E-state index contributed by atoms with van der Waals surface area (Å²) in [4.78, 5) is 25.7. The van der Waals surface area contributed by atoms with Crippen molar-refractivity contribution in [2.24, 2.45) is 5.10 Å². The molecule has 154 valence electrons. The Morgan fingerprint density at radius 1 is 1.13 bits per heavy atom. The highest BCUT2D eigenvalue weighted by Gasteiger charge is 2.27. The Hall–Kier alpha value is -3.26. The molecule has 1 aliphatic heterocycles. The molecule has 0 aliphatic carbocycles. The van der Waals surface area contributed by atoms with E-state index >= 15 is 0 Å². The number of para-hydroxylation sites is 1. The Labute approximate surface area is 176 Å². The van der Waals surface area contributed by atoms with Gasteiger partial charge in [-0.3, -0.25) is 13.8 Å². The van der Waals surface area contributed by atoms with E-state index in [1.165, 1.54) is 5.01 Å². The number of carbonyl (C=O) groups excluding carboxylic acids is 2. The first-order valence-corrected chi connectivity index (χ1v) is 11.4. The Balaban J connectivity index is 1.70. The average molecular weight is 423 g/mol. The van der Waals surface area contributed by atoms with E-state index in [-0.39, 0.29) is 18.4 Å². The second-order valence-electron chi connectivity index (χ2n) is 7.08. The number of nitrogens with one attached hydrogen (secondary N) is 1. The maximum atomic E-state index is 13.3. The first kappa shape index (κ1) is 20.0. The summed E-state index contributed by atoms with van der Waals surface area (Å²) in [7, 11) is -0.994. The van der Waals surface area contributed by atoms with Crippen LogP contribution in [0.5, 0.6) is 0 Å². The molecule has 0 saturated heterocycles. The fraction of sp³-hybridized carbons (Fsp3) is 0.227. The van der Waals surface area contributed by atoms with Gasteiger partial charge in [-0.05, 0) is 17.7 Å². The van der Waals surface area contributed by atoms with Crippen LogP contribution in [0.3, 0.4) is 0 Å². The SMILES string of the molecule is CS(=O)CCNC(=O)CN1N=C(c2ccccc2)Cn2c(cc3ccccc32)C1=O. The van der Waals surface area contributed by atoms with Crippen LogP contribution in [0.2, 0.25) is 0 Å². The minimum absolute atomic E-state index is 0.201. The Morgan fingerprint density at radius 3 is 2.63 bits per heavy atom. The Kier molecular flexibility index (Phi) is 5.76. The third kappa shape index (κ3) is 4.18. The van der Waals surface area contributed by atoms with Crippen molar-refractivity contribution in [2.75, 3.05) is 25.1 Å². The zero-order valence-electron chi connectivity index (χ0n) is 16.6. The van der Waals surface area contributed by atoms with Crippen LogP contribution in [0.1, 0.15) is 16.1 Å². The minimum atomic E-state index is -0.994. The number of benzene rings is 2. The number of hydrogen-bond acceptors (Lipinski definition) is 4. The zero-order chi connectivity index (χ0) is 21.1. The lowest BCUT2D eigenvalue weighted by Crippen LogP contribution is -2.39. The summed E-state index contributed by atoms with van der Waals surface area (Å²) >= 11 is 0. The van der Waals surface area contributed by atoms with Gasteiger partial charge in [-0.1, -0.05) is 48.5 Å². The number of nitrogens with zero attached hydrogens (tertiary/aromatic N) is 3. The molecule has 1 N–H and O–H groups in total. The third-order valence-electron chi connectivity index (χ3n) is 4.93. The molecule has 0 fully saturated rings. The van der Waals surface area contributed by atoms with Gasteiger partial charge in [0.1, 0.15) is 12.2 Å². The van der Waals surface area contributed by atoms with E-state index in [1.54, 1.807) is 6.26 Å². The molecule has 1 aliphatic rings. The molecule has 1 atom stereocenters. The lowest BCUT2D eigenvalue weighted by molar-refractivity contribution is -0.121. The maximum Gasteiger partial charge on any atom is 0.291 e. The summed E-state index contributed by atoms with van der Waals surface area (Å²) in [5.41, 5.74) is 3.03. The van der Waals surface area contributed by atoms with Crippen LogP contribution in [0.15, 0.2) is 65.8 Å². The molecule has 4 rings (SSSR count). The number of hydrazone groups is 1.